The van der Waals surface area contributed by atoms with Crippen LogP contribution in [0.1, 0.15) is 0 Å². The second-order valence-corrected chi connectivity index (χ2v) is 14.4. The van der Waals surface area contributed by atoms with Gasteiger partial charge in [-0.3, -0.25) is 0 Å². The van der Waals surface area contributed by atoms with Crippen molar-refractivity contribution in [2.45, 2.75) is 9.79 Å². The first-order valence-electron chi connectivity index (χ1n) is 18.3. The lowest BCUT2D eigenvalue weighted by Gasteiger charge is -2.11. The predicted octanol–water partition coefficient (Wildman–Crippen LogP) is 12.7. The van der Waals surface area contributed by atoms with Crippen molar-refractivity contribution in [2.75, 3.05) is 0 Å². The van der Waals surface area contributed by atoms with Crippen LogP contribution in [-0.4, -0.2) is 24.9 Å². The molecule has 0 unspecified atom stereocenters. The Morgan fingerprint density at radius 1 is 0.393 bits per heavy atom. The molecule has 0 saturated carbocycles. The van der Waals surface area contributed by atoms with Crippen LogP contribution in [0.15, 0.2) is 202 Å². The maximum Gasteiger partial charge on any atom is 0.164 e. The van der Waals surface area contributed by atoms with Crippen molar-refractivity contribution in [1.82, 2.24) is 24.9 Å². The van der Waals surface area contributed by atoms with Crippen LogP contribution in [0.2, 0.25) is 0 Å². The summed E-state index contributed by atoms with van der Waals surface area (Å²) in [4.78, 5) is 27.3. The zero-order valence-corrected chi connectivity index (χ0v) is 30.8. The van der Waals surface area contributed by atoms with E-state index >= 15 is 0 Å². The van der Waals surface area contributed by atoms with Gasteiger partial charge in [-0.25, -0.2) is 24.9 Å². The molecule has 0 bridgehead atoms. The molecule has 0 saturated heterocycles. The van der Waals surface area contributed by atoms with E-state index in [1.54, 1.807) is 11.8 Å². The average Bonchev–Trinajstić information content (AvgIpc) is 3.66. The molecule has 10 rings (SSSR count). The SMILES string of the molecule is c1ccc(Sc2cnc(-c3ccccc3)nc2-c2ccc3oc4cccc(-c5nc(-c6ccccc6)nc(-c6ccc(-c7ccccc7)cc6)n5)c4c3c2)cc1. The molecule has 0 amide bonds. The Morgan fingerprint density at radius 3 is 1.61 bits per heavy atom. The fraction of sp³-hybridized carbons (Fsp3) is 0. The molecule has 10 aromatic rings. The molecule has 3 aromatic heterocycles. The molecular weight excluding hydrogens is 707 g/mol. The molecule has 0 aliphatic carbocycles. The van der Waals surface area contributed by atoms with Gasteiger partial charge < -0.3 is 4.42 Å². The van der Waals surface area contributed by atoms with Gasteiger partial charge in [0.05, 0.1) is 10.6 Å². The van der Waals surface area contributed by atoms with Gasteiger partial charge in [-0.15, -0.1) is 0 Å². The summed E-state index contributed by atoms with van der Waals surface area (Å²) in [5, 5.41) is 1.87. The van der Waals surface area contributed by atoms with E-state index in [0.717, 1.165) is 76.4 Å². The summed E-state index contributed by atoms with van der Waals surface area (Å²) in [5.41, 5.74) is 9.20. The Hall–Kier alpha value is -7.22. The highest BCUT2D eigenvalue weighted by Crippen LogP contribution is 2.41. The Kier molecular flexibility index (Phi) is 8.67. The second-order valence-electron chi connectivity index (χ2n) is 13.3. The molecule has 264 valence electrons. The minimum Gasteiger partial charge on any atom is -0.456 e. The number of benzene rings is 7. The van der Waals surface area contributed by atoms with Gasteiger partial charge in [-0.1, -0.05) is 157 Å². The van der Waals surface area contributed by atoms with Crippen molar-refractivity contribution >= 4 is 33.7 Å². The van der Waals surface area contributed by atoms with Gasteiger partial charge >= 0.3 is 0 Å². The summed E-state index contributed by atoms with van der Waals surface area (Å²) >= 11 is 1.65. The lowest BCUT2D eigenvalue weighted by molar-refractivity contribution is 0.669. The van der Waals surface area contributed by atoms with Crippen molar-refractivity contribution in [3.05, 3.63) is 188 Å². The fourth-order valence-corrected chi connectivity index (χ4v) is 7.85. The monoisotopic (exact) mass is 737 g/mol. The van der Waals surface area contributed by atoms with E-state index in [1.807, 2.05) is 109 Å². The second kappa shape index (κ2) is 14.5. The Labute approximate surface area is 327 Å². The molecule has 7 aromatic carbocycles. The van der Waals surface area contributed by atoms with E-state index in [1.165, 1.54) is 0 Å². The van der Waals surface area contributed by atoms with Gasteiger partial charge in [-0.05, 0) is 47.5 Å². The highest BCUT2D eigenvalue weighted by molar-refractivity contribution is 7.99. The van der Waals surface area contributed by atoms with Gasteiger partial charge in [0.15, 0.2) is 23.3 Å². The van der Waals surface area contributed by atoms with Crippen molar-refractivity contribution in [1.29, 1.82) is 0 Å². The molecule has 0 N–H and O–H groups in total. The zero-order valence-electron chi connectivity index (χ0n) is 30.0. The number of rotatable bonds is 8. The van der Waals surface area contributed by atoms with E-state index in [2.05, 4.69) is 78.9 Å². The summed E-state index contributed by atoms with van der Waals surface area (Å²) in [7, 11) is 0. The van der Waals surface area contributed by atoms with Crippen LogP contribution in [0.3, 0.4) is 0 Å². The molecule has 0 spiro atoms. The first kappa shape index (κ1) is 33.4. The van der Waals surface area contributed by atoms with Crippen LogP contribution in [0.4, 0.5) is 0 Å². The van der Waals surface area contributed by atoms with Gasteiger partial charge in [0.1, 0.15) is 11.2 Å². The first-order valence-corrected chi connectivity index (χ1v) is 19.1. The zero-order chi connectivity index (χ0) is 37.3. The van der Waals surface area contributed by atoms with E-state index in [9.17, 15) is 0 Å². The largest absolute Gasteiger partial charge is 0.456 e. The quantitative estimate of drug-likeness (QED) is 0.154. The Balaban J connectivity index is 1.13. The maximum absolute atomic E-state index is 6.50. The van der Waals surface area contributed by atoms with Gasteiger partial charge in [0, 0.05) is 49.7 Å². The number of nitrogens with zero attached hydrogens (tertiary/aromatic N) is 5. The van der Waals surface area contributed by atoms with Gasteiger partial charge in [0.25, 0.3) is 0 Å². The Morgan fingerprint density at radius 2 is 0.929 bits per heavy atom. The van der Waals surface area contributed by atoms with Crippen LogP contribution >= 0.6 is 11.8 Å². The lowest BCUT2D eigenvalue weighted by Crippen LogP contribution is -2.00. The van der Waals surface area contributed by atoms with E-state index in [0.29, 0.717) is 23.3 Å². The van der Waals surface area contributed by atoms with Crippen LogP contribution < -0.4 is 0 Å². The molecule has 3 heterocycles. The third kappa shape index (κ3) is 6.50. The summed E-state index contributed by atoms with van der Waals surface area (Å²) in [6, 6.07) is 61.5. The third-order valence-corrected chi connectivity index (χ3v) is 10.7. The topological polar surface area (TPSA) is 77.6 Å². The lowest BCUT2D eigenvalue weighted by atomic mass is 10.0. The average molecular weight is 738 g/mol. The molecule has 6 nitrogen and oxygen atoms in total. The minimum absolute atomic E-state index is 0.563. The Bertz CT molecular complexity index is 2970. The fourth-order valence-electron chi connectivity index (χ4n) is 6.94. The van der Waals surface area contributed by atoms with Crippen molar-refractivity contribution < 1.29 is 4.42 Å². The van der Waals surface area contributed by atoms with Crippen molar-refractivity contribution in [2.24, 2.45) is 0 Å². The molecule has 56 heavy (non-hydrogen) atoms. The number of furan rings is 1. The van der Waals surface area contributed by atoms with Crippen molar-refractivity contribution in [3.8, 4) is 67.9 Å². The third-order valence-electron chi connectivity index (χ3n) is 9.69. The van der Waals surface area contributed by atoms with Gasteiger partial charge in [-0.2, -0.15) is 0 Å². The molecule has 0 aliphatic rings. The van der Waals surface area contributed by atoms with Crippen LogP contribution in [0, 0.1) is 0 Å². The van der Waals surface area contributed by atoms with Crippen molar-refractivity contribution in [3.63, 3.8) is 0 Å². The maximum atomic E-state index is 6.50. The predicted molar refractivity (Wildman–Crippen MR) is 226 cm³/mol. The summed E-state index contributed by atoms with van der Waals surface area (Å²) in [5.74, 6) is 2.42. The smallest absolute Gasteiger partial charge is 0.164 e. The number of hydrogen-bond acceptors (Lipinski definition) is 7. The molecule has 0 atom stereocenters. The standard InChI is InChI=1S/C49H31N5OS/c1-5-14-32(15-6-1)33-24-26-36(27-25-33)48-52-47(35-18-9-3-10-19-35)53-49(54-48)39-22-13-23-42-44(39)40-30-37(28-29-41(40)55-42)45-43(56-38-20-11-4-12-21-38)31-50-46(51-45)34-16-7-2-8-17-34/h1-31H. The molecule has 7 heteroatoms. The van der Waals surface area contributed by atoms with E-state index < -0.39 is 0 Å². The highest BCUT2D eigenvalue weighted by atomic mass is 32.2. The molecule has 0 radical (unpaired) electrons. The number of hydrogen-bond donors (Lipinski definition) is 0. The van der Waals surface area contributed by atoms with E-state index in [4.69, 9.17) is 29.3 Å². The summed E-state index contributed by atoms with van der Waals surface area (Å²) in [6.45, 7) is 0. The number of fused-ring (bicyclic) bond motifs is 3. The van der Waals surface area contributed by atoms with Crippen LogP contribution in [0.25, 0.3) is 89.9 Å². The molecular formula is C49H31N5OS. The van der Waals surface area contributed by atoms with Crippen LogP contribution in [0.5, 0.6) is 0 Å². The van der Waals surface area contributed by atoms with E-state index in [-0.39, 0.29) is 0 Å². The molecule has 0 aliphatic heterocycles. The highest BCUT2D eigenvalue weighted by Gasteiger charge is 2.20. The normalized spacial score (nSPS) is 11.3. The van der Waals surface area contributed by atoms with Crippen LogP contribution in [-0.2, 0) is 0 Å². The molecule has 0 fully saturated rings. The summed E-state index contributed by atoms with van der Waals surface area (Å²) in [6.07, 6.45) is 1.93. The minimum atomic E-state index is 0.563. The summed E-state index contributed by atoms with van der Waals surface area (Å²) < 4.78 is 6.50. The number of aromatic nitrogens is 5. The first-order chi connectivity index (χ1) is 27.7. The van der Waals surface area contributed by atoms with Gasteiger partial charge in [0.2, 0.25) is 0 Å².